The highest BCUT2D eigenvalue weighted by atomic mass is 35.5. The first-order chi connectivity index (χ1) is 16.4. The fraction of sp³-hybridized carbons (Fsp3) is 0.259. The normalized spacial score (nSPS) is 11.6. The Morgan fingerprint density at radius 3 is 2.32 bits per heavy atom. The smallest absolute Gasteiger partial charge is 0.243 e. The number of carbonyl (C=O) groups is 2. The molecule has 1 atom stereocenters. The van der Waals surface area contributed by atoms with Crippen molar-refractivity contribution < 1.29 is 14.0 Å². The molecule has 178 valence electrons. The van der Waals surface area contributed by atoms with E-state index in [1.54, 1.807) is 36.4 Å². The quantitative estimate of drug-likeness (QED) is 0.380. The summed E-state index contributed by atoms with van der Waals surface area (Å²) in [4.78, 5) is 28.3. The van der Waals surface area contributed by atoms with Crippen molar-refractivity contribution in [1.29, 1.82) is 0 Å². The van der Waals surface area contributed by atoms with Gasteiger partial charge in [-0.15, -0.1) is 0 Å². The SMILES string of the molecule is CCCNC(=O)[C@H](Cc1ccccc1)N(Cc1ccc(Cl)c(Cl)c1)C(=O)Cc1ccccc1F. The molecule has 0 bridgehead atoms. The summed E-state index contributed by atoms with van der Waals surface area (Å²) in [7, 11) is 0. The molecule has 0 unspecified atom stereocenters. The van der Waals surface area contributed by atoms with E-state index in [9.17, 15) is 14.0 Å². The number of amides is 2. The van der Waals surface area contributed by atoms with Gasteiger partial charge in [-0.3, -0.25) is 9.59 Å². The van der Waals surface area contributed by atoms with E-state index in [0.29, 0.717) is 23.0 Å². The number of hydrogen-bond donors (Lipinski definition) is 1. The minimum atomic E-state index is -0.789. The highest BCUT2D eigenvalue weighted by molar-refractivity contribution is 6.42. The van der Waals surface area contributed by atoms with Gasteiger partial charge in [0.05, 0.1) is 16.5 Å². The molecular formula is C27H27Cl2FN2O2. The van der Waals surface area contributed by atoms with Crippen LogP contribution in [-0.2, 0) is 29.0 Å². The van der Waals surface area contributed by atoms with Crippen LogP contribution in [0.2, 0.25) is 10.0 Å². The van der Waals surface area contributed by atoms with Gasteiger partial charge in [-0.05, 0) is 41.3 Å². The van der Waals surface area contributed by atoms with Gasteiger partial charge in [0.2, 0.25) is 11.8 Å². The van der Waals surface area contributed by atoms with Gasteiger partial charge in [0.15, 0.2) is 0 Å². The zero-order valence-corrected chi connectivity index (χ0v) is 20.5. The molecular weight excluding hydrogens is 474 g/mol. The maximum Gasteiger partial charge on any atom is 0.243 e. The molecule has 3 aromatic carbocycles. The number of rotatable bonds is 10. The maximum atomic E-state index is 14.3. The third kappa shape index (κ3) is 7.05. The summed E-state index contributed by atoms with van der Waals surface area (Å²) >= 11 is 12.3. The third-order valence-corrected chi connectivity index (χ3v) is 6.20. The second-order valence-corrected chi connectivity index (χ2v) is 8.85. The van der Waals surface area contributed by atoms with Gasteiger partial charge in [-0.25, -0.2) is 4.39 Å². The summed E-state index contributed by atoms with van der Waals surface area (Å²) in [6.45, 7) is 2.58. The van der Waals surface area contributed by atoms with Crippen LogP contribution in [0, 0.1) is 5.82 Å². The Hall–Kier alpha value is -2.89. The Labute approximate surface area is 209 Å². The topological polar surface area (TPSA) is 49.4 Å². The van der Waals surface area contributed by atoms with Crippen LogP contribution < -0.4 is 5.32 Å². The number of carbonyl (C=O) groups excluding carboxylic acids is 2. The molecule has 3 rings (SSSR count). The summed E-state index contributed by atoms with van der Waals surface area (Å²) < 4.78 is 14.3. The zero-order chi connectivity index (χ0) is 24.5. The lowest BCUT2D eigenvalue weighted by Crippen LogP contribution is -2.51. The molecule has 2 amide bonds. The fourth-order valence-corrected chi connectivity index (χ4v) is 3.98. The van der Waals surface area contributed by atoms with Crippen molar-refractivity contribution in [3.8, 4) is 0 Å². The number of hydrogen-bond acceptors (Lipinski definition) is 2. The van der Waals surface area contributed by atoms with Crippen LogP contribution in [0.15, 0.2) is 72.8 Å². The van der Waals surface area contributed by atoms with Crippen LogP contribution in [0.25, 0.3) is 0 Å². The van der Waals surface area contributed by atoms with Crippen molar-refractivity contribution in [3.63, 3.8) is 0 Å². The van der Waals surface area contributed by atoms with E-state index in [-0.39, 0.29) is 30.3 Å². The molecule has 0 spiro atoms. The summed E-state index contributed by atoms with van der Waals surface area (Å²) in [5.41, 5.74) is 1.91. The Morgan fingerprint density at radius 1 is 0.941 bits per heavy atom. The van der Waals surface area contributed by atoms with Crippen LogP contribution in [0.4, 0.5) is 4.39 Å². The van der Waals surface area contributed by atoms with E-state index in [2.05, 4.69) is 5.32 Å². The molecule has 0 saturated carbocycles. The average molecular weight is 501 g/mol. The molecule has 1 N–H and O–H groups in total. The third-order valence-electron chi connectivity index (χ3n) is 5.46. The van der Waals surface area contributed by atoms with E-state index < -0.39 is 11.9 Å². The van der Waals surface area contributed by atoms with Crippen LogP contribution >= 0.6 is 23.2 Å². The first-order valence-electron chi connectivity index (χ1n) is 11.2. The average Bonchev–Trinajstić information content (AvgIpc) is 2.84. The molecule has 0 fully saturated rings. The molecule has 4 nitrogen and oxygen atoms in total. The van der Waals surface area contributed by atoms with Crippen molar-refractivity contribution in [1.82, 2.24) is 10.2 Å². The minimum Gasteiger partial charge on any atom is -0.354 e. The monoisotopic (exact) mass is 500 g/mol. The van der Waals surface area contributed by atoms with Gasteiger partial charge in [0.1, 0.15) is 11.9 Å². The van der Waals surface area contributed by atoms with Crippen LogP contribution in [0.3, 0.4) is 0 Å². The zero-order valence-electron chi connectivity index (χ0n) is 18.9. The molecule has 0 aromatic heterocycles. The van der Waals surface area contributed by atoms with Crippen molar-refractivity contribution in [2.24, 2.45) is 0 Å². The molecule has 34 heavy (non-hydrogen) atoms. The number of benzene rings is 3. The highest BCUT2D eigenvalue weighted by Crippen LogP contribution is 2.25. The van der Waals surface area contributed by atoms with Gasteiger partial charge in [0, 0.05) is 19.5 Å². The predicted octanol–water partition coefficient (Wildman–Crippen LogP) is 5.84. The number of halogens is 3. The van der Waals surface area contributed by atoms with Crippen LogP contribution in [-0.4, -0.2) is 29.3 Å². The van der Waals surface area contributed by atoms with Crippen molar-refractivity contribution in [2.75, 3.05) is 6.54 Å². The van der Waals surface area contributed by atoms with Gasteiger partial charge in [-0.1, -0.05) is 84.7 Å². The lowest BCUT2D eigenvalue weighted by atomic mass is 10.0. The Bertz CT molecular complexity index is 1120. The van der Waals surface area contributed by atoms with Crippen molar-refractivity contribution in [2.45, 2.75) is 38.8 Å². The summed E-state index contributed by atoms with van der Waals surface area (Å²) in [5, 5.41) is 3.67. The highest BCUT2D eigenvalue weighted by Gasteiger charge is 2.30. The molecule has 3 aromatic rings. The predicted molar refractivity (Wildman–Crippen MR) is 134 cm³/mol. The van der Waals surface area contributed by atoms with E-state index in [4.69, 9.17) is 23.2 Å². The summed E-state index contributed by atoms with van der Waals surface area (Å²) in [6.07, 6.45) is 0.917. The van der Waals surface area contributed by atoms with E-state index in [1.165, 1.54) is 11.0 Å². The van der Waals surface area contributed by atoms with Crippen LogP contribution in [0.1, 0.15) is 30.0 Å². The first-order valence-corrected chi connectivity index (χ1v) is 11.9. The Balaban J connectivity index is 1.98. The molecule has 7 heteroatoms. The first kappa shape index (κ1) is 25.7. The molecule has 0 saturated heterocycles. The van der Waals surface area contributed by atoms with Crippen molar-refractivity contribution in [3.05, 3.63) is 105 Å². The molecule has 0 heterocycles. The molecule has 0 aliphatic heterocycles. The molecule has 0 aliphatic carbocycles. The fourth-order valence-electron chi connectivity index (χ4n) is 3.66. The van der Waals surface area contributed by atoms with E-state index in [1.807, 2.05) is 37.3 Å². The number of nitrogens with zero attached hydrogens (tertiary/aromatic N) is 1. The van der Waals surface area contributed by atoms with Gasteiger partial charge >= 0.3 is 0 Å². The molecule has 0 radical (unpaired) electrons. The van der Waals surface area contributed by atoms with Crippen molar-refractivity contribution >= 4 is 35.0 Å². The summed E-state index contributed by atoms with van der Waals surface area (Å²) in [5.74, 6) is -1.07. The second kappa shape index (κ2) is 12.5. The number of nitrogens with one attached hydrogen (secondary N) is 1. The standard InChI is InChI=1S/C27H27Cl2FN2O2/c1-2-14-31-27(34)25(16-19-8-4-3-5-9-19)32(18-20-12-13-22(28)23(29)15-20)26(33)17-21-10-6-7-11-24(21)30/h3-13,15,25H,2,14,16-18H2,1H3,(H,31,34)/t25-/m0/s1. The summed E-state index contributed by atoms with van der Waals surface area (Å²) in [6, 6.07) is 20.0. The second-order valence-electron chi connectivity index (χ2n) is 8.03. The van der Waals surface area contributed by atoms with Gasteiger partial charge < -0.3 is 10.2 Å². The maximum absolute atomic E-state index is 14.3. The van der Waals surface area contributed by atoms with E-state index >= 15 is 0 Å². The van der Waals surface area contributed by atoms with Gasteiger partial charge in [0.25, 0.3) is 0 Å². The largest absolute Gasteiger partial charge is 0.354 e. The van der Waals surface area contributed by atoms with Crippen LogP contribution in [0.5, 0.6) is 0 Å². The lowest BCUT2D eigenvalue weighted by Gasteiger charge is -2.32. The Kier molecular flexibility index (Phi) is 9.49. The Morgan fingerprint density at radius 2 is 1.65 bits per heavy atom. The lowest BCUT2D eigenvalue weighted by molar-refractivity contribution is -0.140. The molecule has 0 aliphatic rings. The van der Waals surface area contributed by atoms with E-state index in [0.717, 1.165) is 17.5 Å². The van der Waals surface area contributed by atoms with Gasteiger partial charge in [-0.2, -0.15) is 0 Å². The minimum absolute atomic E-state index is 0.126.